The molecule has 3 rings (SSSR count). The number of nitrogens with zero attached hydrogens (tertiary/aromatic N) is 4. The highest BCUT2D eigenvalue weighted by Crippen LogP contribution is 2.25. The molecule has 1 fully saturated rings. The van der Waals surface area contributed by atoms with E-state index in [0.717, 1.165) is 4.31 Å². The van der Waals surface area contributed by atoms with Crippen LogP contribution in [0.2, 0.25) is 0 Å². The first kappa shape index (κ1) is 22.5. The predicted octanol–water partition coefficient (Wildman–Crippen LogP) is 0.341. The minimum Gasteiger partial charge on any atom is -0.387 e. The maximum Gasteiger partial charge on any atom is 0.279 e. The maximum absolute atomic E-state index is 13.4. The molecular formula is C15H19BrFN7O5S. The average molecular weight is 508 g/mol. The van der Waals surface area contributed by atoms with Crippen LogP contribution >= 0.6 is 15.9 Å². The summed E-state index contributed by atoms with van der Waals surface area (Å²) < 4.78 is 45.4. The van der Waals surface area contributed by atoms with Crippen molar-refractivity contribution in [3.63, 3.8) is 0 Å². The van der Waals surface area contributed by atoms with Crippen molar-refractivity contribution in [3.05, 3.63) is 34.2 Å². The number of benzene rings is 1. The minimum absolute atomic E-state index is 0.000697. The Morgan fingerprint density at radius 2 is 2.23 bits per heavy atom. The van der Waals surface area contributed by atoms with Gasteiger partial charge >= 0.3 is 0 Å². The van der Waals surface area contributed by atoms with Crippen LogP contribution < -0.4 is 15.5 Å². The average Bonchev–Trinajstić information content (AvgIpc) is 3.35. The lowest BCUT2D eigenvalue weighted by atomic mass is 10.0. The summed E-state index contributed by atoms with van der Waals surface area (Å²) >= 11 is 3.05. The summed E-state index contributed by atoms with van der Waals surface area (Å²) in [6, 6.07) is 3.97. The fourth-order valence-electron chi connectivity index (χ4n) is 2.82. The molecule has 15 heteroatoms. The van der Waals surface area contributed by atoms with Crippen molar-refractivity contribution in [3.8, 4) is 0 Å². The van der Waals surface area contributed by atoms with Gasteiger partial charge in [0.1, 0.15) is 5.82 Å². The first-order valence-electron chi connectivity index (χ1n) is 8.59. The predicted molar refractivity (Wildman–Crippen MR) is 107 cm³/mol. The largest absolute Gasteiger partial charge is 0.387 e. The molecule has 30 heavy (non-hydrogen) atoms. The molecule has 0 amide bonds. The first-order chi connectivity index (χ1) is 14.2. The summed E-state index contributed by atoms with van der Waals surface area (Å²) in [5.41, 5.74) is 0.826. The van der Waals surface area contributed by atoms with E-state index in [1.807, 2.05) is 5.48 Å². The molecule has 2 heterocycles. The summed E-state index contributed by atoms with van der Waals surface area (Å²) in [6.45, 7) is -0.0348. The molecule has 1 aliphatic heterocycles. The molecule has 1 aliphatic rings. The Hall–Kier alpha value is -2.17. The SMILES string of the molecule is CNS(=O)(=O)N1CCC(O)(CNc2nonc2C(=Nc2ccc(F)c(Br)c2)NO)C1. The number of aliphatic hydroxyl groups is 1. The Labute approximate surface area is 179 Å². The second kappa shape index (κ2) is 8.91. The number of anilines is 1. The Balaban J connectivity index is 1.75. The molecule has 2 aromatic rings. The second-order valence-electron chi connectivity index (χ2n) is 6.50. The molecule has 0 spiro atoms. The fraction of sp³-hybridized carbons (Fsp3) is 0.400. The summed E-state index contributed by atoms with van der Waals surface area (Å²) in [7, 11) is -2.36. The molecule has 5 N–H and O–H groups in total. The van der Waals surface area contributed by atoms with Gasteiger partial charge in [0.05, 0.1) is 15.8 Å². The van der Waals surface area contributed by atoms with Gasteiger partial charge in [-0.1, -0.05) is 0 Å². The van der Waals surface area contributed by atoms with E-state index >= 15 is 0 Å². The van der Waals surface area contributed by atoms with Crippen LogP contribution in [0.1, 0.15) is 12.1 Å². The van der Waals surface area contributed by atoms with E-state index in [1.54, 1.807) is 0 Å². The molecular weight excluding hydrogens is 489 g/mol. The van der Waals surface area contributed by atoms with E-state index in [4.69, 9.17) is 0 Å². The molecule has 1 aromatic carbocycles. The van der Waals surface area contributed by atoms with Crippen LogP contribution in [0, 0.1) is 5.82 Å². The Bertz CT molecular complexity index is 1050. The van der Waals surface area contributed by atoms with Gasteiger partial charge < -0.3 is 10.4 Å². The van der Waals surface area contributed by atoms with Crippen molar-refractivity contribution >= 4 is 43.5 Å². The molecule has 164 valence electrons. The van der Waals surface area contributed by atoms with E-state index in [1.165, 1.54) is 25.2 Å². The van der Waals surface area contributed by atoms with Gasteiger partial charge in [-0.15, -0.1) is 0 Å². The van der Waals surface area contributed by atoms with Gasteiger partial charge in [-0.25, -0.2) is 18.7 Å². The molecule has 0 aliphatic carbocycles. The van der Waals surface area contributed by atoms with Crippen molar-refractivity contribution < 1.29 is 27.8 Å². The van der Waals surface area contributed by atoms with E-state index in [9.17, 15) is 23.1 Å². The molecule has 1 aromatic heterocycles. The van der Waals surface area contributed by atoms with Crippen LogP contribution in [0.5, 0.6) is 0 Å². The summed E-state index contributed by atoms with van der Waals surface area (Å²) in [4.78, 5) is 4.13. The van der Waals surface area contributed by atoms with Crippen LogP contribution in [-0.2, 0) is 10.2 Å². The first-order valence-corrected chi connectivity index (χ1v) is 10.8. The Morgan fingerprint density at radius 3 is 2.90 bits per heavy atom. The number of hydrogen-bond acceptors (Lipinski definition) is 9. The fourth-order valence-corrected chi connectivity index (χ4v) is 4.19. The zero-order valence-corrected chi connectivity index (χ0v) is 18.0. The molecule has 1 unspecified atom stereocenters. The number of aromatic nitrogens is 2. The van der Waals surface area contributed by atoms with Gasteiger partial charge in [0.15, 0.2) is 11.5 Å². The molecule has 1 saturated heterocycles. The standard InChI is InChI=1S/C15H19BrFN7O5S/c1-18-30(27,28)24-5-4-15(25,8-24)7-19-13-12(22-29-23-13)14(21-26)20-9-2-3-11(17)10(16)6-9/h2-3,6,18,25-26H,4-5,7-8H2,1H3,(H,19,23)(H,20,21). The highest BCUT2D eigenvalue weighted by molar-refractivity contribution is 9.10. The van der Waals surface area contributed by atoms with E-state index < -0.39 is 21.6 Å². The molecule has 1 atom stereocenters. The smallest absolute Gasteiger partial charge is 0.279 e. The van der Waals surface area contributed by atoms with E-state index in [2.05, 4.69) is 45.9 Å². The lowest BCUT2D eigenvalue weighted by Gasteiger charge is -2.23. The third kappa shape index (κ3) is 4.93. The monoisotopic (exact) mass is 507 g/mol. The van der Waals surface area contributed by atoms with Crippen molar-refractivity contribution in [1.29, 1.82) is 0 Å². The number of hydroxylamine groups is 1. The molecule has 0 saturated carbocycles. The third-order valence-corrected chi connectivity index (χ3v) is 6.56. The quantitative estimate of drug-likeness (QED) is 0.202. The van der Waals surface area contributed by atoms with Crippen molar-refractivity contribution in [2.75, 3.05) is 32.0 Å². The number of β-amino-alcohol motifs (C(OH)–C–C–N with tert-alkyl or cyclic N) is 1. The van der Waals surface area contributed by atoms with Gasteiger partial charge in [0.2, 0.25) is 5.82 Å². The molecule has 0 bridgehead atoms. The lowest BCUT2D eigenvalue weighted by molar-refractivity contribution is 0.0693. The van der Waals surface area contributed by atoms with Crippen molar-refractivity contribution in [1.82, 2.24) is 24.8 Å². The summed E-state index contributed by atoms with van der Waals surface area (Å²) in [6.07, 6.45) is 0.199. The van der Waals surface area contributed by atoms with Crippen LogP contribution in [0.15, 0.2) is 32.3 Å². The Kier molecular flexibility index (Phi) is 6.68. The maximum atomic E-state index is 13.4. The third-order valence-electron chi connectivity index (χ3n) is 4.44. The van der Waals surface area contributed by atoms with Crippen LogP contribution in [0.3, 0.4) is 0 Å². The number of halogens is 2. The van der Waals surface area contributed by atoms with Gasteiger partial charge in [-0.05, 0) is 50.9 Å². The number of hydrogen-bond donors (Lipinski definition) is 5. The number of aliphatic imine (C=N–C) groups is 1. The lowest BCUT2D eigenvalue weighted by Crippen LogP contribution is -2.44. The summed E-state index contributed by atoms with van der Waals surface area (Å²) in [5.74, 6) is -0.563. The minimum atomic E-state index is -3.65. The van der Waals surface area contributed by atoms with E-state index in [0.29, 0.717) is 5.69 Å². The van der Waals surface area contributed by atoms with E-state index in [-0.39, 0.29) is 47.9 Å². The van der Waals surface area contributed by atoms with Crippen LogP contribution in [0.25, 0.3) is 0 Å². The highest BCUT2D eigenvalue weighted by atomic mass is 79.9. The van der Waals surface area contributed by atoms with Crippen LogP contribution in [0.4, 0.5) is 15.9 Å². The Morgan fingerprint density at radius 1 is 1.47 bits per heavy atom. The molecule has 0 radical (unpaired) electrons. The van der Waals surface area contributed by atoms with Crippen LogP contribution in [-0.4, -0.2) is 71.5 Å². The zero-order valence-electron chi connectivity index (χ0n) is 15.6. The van der Waals surface area contributed by atoms with Gasteiger partial charge in [0, 0.05) is 26.7 Å². The van der Waals surface area contributed by atoms with Gasteiger partial charge in [-0.3, -0.25) is 10.7 Å². The van der Waals surface area contributed by atoms with Crippen molar-refractivity contribution in [2.24, 2.45) is 4.99 Å². The molecule has 12 nitrogen and oxygen atoms in total. The topological polar surface area (TPSA) is 165 Å². The van der Waals surface area contributed by atoms with Gasteiger partial charge in [0.25, 0.3) is 10.2 Å². The summed E-state index contributed by atoms with van der Waals surface area (Å²) in [5, 5.41) is 30.3. The normalized spacial score (nSPS) is 20.5. The van der Waals surface area contributed by atoms with Crippen molar-refractivity contribution in [2.45, 2.75) is 12.0 Å². The number of amidine groups is 1. The highest BCUT2D eigenvalue weighted by Gasteiger charge is 2.41. The van der Waals surface area contributed by atoms with Gasteiger partial charge in [-0.2, -0.15) is 12.7 Å². The number of nitrogens with one attached hydrogen (secondary N) is 3. The number of rotatable bonds is 7. The second-order valence-corrected chi connectivity index (χ2v) is 9.23. The zero-order chi connectivity index (χ0) is 21.9.